The summed E-state index contributed by atoms with van der Waals surface area (Å²) in [6.07, 6.45) is 0. The lowest BCUT2D eigenvalue weighted by molar-refractivity contribution is 1.63. The lowest BCUT2D eigenvalue weighted by atomic mass is 9.82. The Labute approximate surface area is 301 Å². The van der Waals surface area contributed by atoms with Gasteiger partial charge in [-0.15, -0.1) is 0 Å². The van der Waals surface area contributed by atoms with E-state index >= 15 is 0 Å². The molecule has 0 heterocycles. The predicted octanol–water partition coefficient (Wildman–Crippen LogP) is 14.8. The van der Waals surface area contributed by atoms with Gasteiger partial charge in [0.25, 0.3) is 0 Å². The maximum atomic E-state index is 2.49. The number of benzene rings is 11. The van der Waals surface area contributed by atoms with Gasteiger partial charge in [0.05, 0.1) is 0 Å². The number of rotatable bonds is 3. The smallest absolute Gasteiger partial charge is 0.00199 e. The van der Waals surface area contributed by atoms with E-state index in [4.69, 9.17) is 0 Å². The lowest BCUT2D eigenvalue weighted by Gasteiger charge is -2.21. The molecule has 0 N–H and O–H groups in total. The summed E-state index contributed by atoms with van der Waals surface area (Å²) in [5, 5.41) is 18.0. The molecular weight excluding hydrogens is 625 g/mol. The zero-order chi connectivity index (χ0) is 34.2. The first-order valence-corrected chi connectivity index (χ1v) is 18.1. The normalized spacial score (nSPS) is 11.8. The second kappa shape index (κ2) is 11.4. The number of hydrogen-bond donors (Lipinski definition) is 0. The van der Waals surface area contributed by atoms with Gasteiger partial charge in [0, 0.05) is 0 Å². The molecule has 0 aromatic heterocycles. The third-order valence-electron chi connectivity index (χ3n) is 11.2. The highest BCUT2D eigenvalue weighted by Crippen LogP contribution is 2.48. The third-order valence-corrected chi connectivity index (χ3v) is 11.2. The summed E-state index contributed by atoms with van der Waals surface area (Å²) < 4.78 is 0. The van der Waals surface area contributed by atoms with Gasteiger partial charge in [-0.3, -0.25) is 0 Å². The highest BCUT2D eigenvalue weighted by atomic mass is 14.2. The van der Waals surface area contributed by atoms with Gasteiger partial charge >= 0.3 is 0 Å². The summed E-state index contributed by atoms with van der Waals surface area (Å²) in [5.41, 5.74) is 7.56. The Morgan fingerprint density at radius 2 is 0.615 bits per heavy atom. The molecule has 0 radical (unpaired) electrons. The van der Waals surface area contributed by atoms with Crippen LogP contribution in [-0.4, -0.2) is 0 Å². The van der Waals surface area contributed by atoms with E-state index in [1.807, 2.05) is 0 Å². The summed E-state index contributed by atoms with van der Waals surface area (Å²) in [6.45, 7) is 0. The fourth-order valence-electron chi connectivity index (χ4n) is 9.00. The quantitative estimate of drug-likeness (QED) is 0.131. The minimum absolute atomic E-state index is 1.23. The van der Waals surface area contributed by atoms with E-state index in [2.05, 4.69) is 194 Å². The van der Waals surface area contributed by atoms with Gasteiger partial charge in [-0.05, 0) is 115 Å². The largest absolute Gasteiger partial charge is 0.0616 e. The van der Waals surface area contributed by atoms with E-state index < -0.39 is 0 Å². The highest BCUT2D eigenvalue weighted by molar-refractivity contribution is 6.34. The topological polar surface area (TPSA) is 0 Å². The molecule has 0 unspecified atom stereocenters. The Balaban J connectivity index is 1.22. The maximum Gasteiger partial charge on any atom is -0.00199 e. The molecule has 0 amide bonds. The molecule has 0 aliphatic rings. The van der Waals surface area contributed by atoms with Crippen molar-refractivity contribution in [2.45, 2.75) is 0 Å². The van der Waals surface area contributed by atoms with Crippen molar-refractivity contribution < 1.29 is 0 Å². The second-order valence-corrected chi connectivity index (χ2v) is 13.9. The molecule has 52 heavy (non-hydrogen) atoms. The van der Waals surface area contributed by atoms with Crippen molar-refractivity contribution in [1.82, 2.24) is 0 Å². The van der Waals surface area contributed by atoms with Crippen LogP contribution in [0.5, 0.6) is 0 Å². The van der Waals surface area contributed by atoms with E-state index in [1.54, 1.807) is 0 Å². The summed E-state index contributed by atoms with van der Waals surface area (Å²) in [6, 6.07) is 71.8. The summed E-state index contributed by atoms with van der Waals surface area (Å²) in [7, 11) is 0. The van der Waals surface area contributed by atoms with Crippen molar-refractivity contribution in [2.75, 3.05) is 0 Å². The fraction of sp³-hybridized carbons (Fsp3) is 0. The monoisotopic (exact) mass is 656 g/mol. The molecule has 11 aromatic carbocycles. The Morgan fingerprint density at radius 3 is 1.23 bits per heavy atom. The summed E-state index contributed by atoms with van der Waals surface area (Å²) >= 11 is 0. The van der Waals surface area contributed by atoms with E-state index in [9.17, 15) is 0 Å². The van der Waals surface area contributed by atoms with Gasteiger partial charge in [0.15, 0.2) is 0 Å². The van der Waals surface area contributed by atoms with Crippen LogP contribution in [0.25, 0.3) is 109 Å². The van der Waals surface area contributed by atoms with Crippen molar-refractivity contribution in [1.29, 1.82) is 0 Å². The molecule has 0 aliphatic carbocycles. The van der Waals surface area contributed by atoms with Crippen molar-refractivity contribution in [3.8, 4) is 33.4 Å². The Bertz CT molecular complexity index is 3160. The van der Waals surface area contributed by atoms with E-state index in [0.29, 0.717) is 0 Å². The van der Waals surface area contributed by atoms with Crippen molar-refractivity contribution >= 4 is 75.4 Å². The van der Waals surface area contributed by atoms with Gasteiger partial charge in [-0.2, -0.15) is 0 Å². The molecule has 0 spiro atoms. The zero-order valence-electron chi connectivity index (χ0n) is 28.5. The molecular formula is C52H32. The standard InChI is InChI=1S/C52H32/c1-2-16-36-33(14-1)15-13-27-37(36)34-28-30-35(31-29-34)50-44-23-9-11-25-46(44)52(47-26-12-10-24-45(47)50)49-32-48-40-19-4-3-17-38(40)39-18-5-7-21-42(39)51(48)43-22-8-6-20-41(43)49/h1-32H. The molecule has 11 rings (SSSR count). The number of hydrogen-bond acceptors (Lipinski definition) is 0. The first-order valence-electron chi connectivity index (χ1n) is 18.1. The summed E-state index contributed by atoms with van der Waals surface area (Å²) in [4.78, 5) is 0. The molecule has 0 fully saturated rings. The minimum atomic E-state index is 1.23. The predicted molar refractivity (Wildman–Crippen MR) is 225 cm³/mol. The molecule has 0 aliphatic heterocycles. The van der Waals surface area contributed by atoms with Crippen molar-refractivity contribution in [3.63, 3.8) is 0 Å². The van der Waals surface area contributed by atoms with Crippen LogP contribution in [0.3, 0.4) is 0 Å². The lowest BCUT2D eigenvalue weighted by Crippen LogP contribution is -1.93. The number of fused-ring (bicyclic) bond motifs is 11. The van der Waals surface area contributed by atoms with Gasteiger partial charge in [-0.1, -0.05) is 188 Å². The van der Waals surface area contributed by atoms with E-state index in [0.717, 1.165) is 0 Å². The van der Waals surface area contributed by atoms with Crippen LogP contribution < -0.4 is 0 Å². The molecule has 0 bridgehead atoms. The van der Waals surface area contributed by atoms with E-state index in [-0.39, 0.29) is 0 Å². The minimum Gasteiger partial charge on any atom is -0.0616 e. The Morgan fingerprint density at radius 1 is 0.212 bits per heavy atom. The Kier molecular flexibility index (Phi) is 6.35. The van der Waals surface area contributed by atoms with Crippen molar-refractivity contribution in [2.24, 2.45) is 0 Å². The molecule has 0 nitrogen and oxygen atoms in total. The van der Waals surface area contributed by atoms with Gasteiger partial charge in [0.1, 0.15) is 0 Å². The van der Waals surface area contributed by atoms with Gasteiger partial charge in [-0.25, -0.2) is 0 Å². The average molecular weight is 657 g/mol. The van der Waals surface area contributed by atoms with Crippen LogP contribution in [0.4, 0.5) is 0 Å². The molecule has 11 aromatic rings. The van der Waals surface area contributed by atoms with Crippen LogP contribution in [-0.2, 0) is 0 Å². The van der Waals surface area contributed by atoms with Crippen LogP contribution in [0.2, 0.25) is 0 Å². The molecule has 0 atom stereocenters. The molecule has 240 valence electrons. The maximum absolute atomic E-state index is 2.49. The van der Waals surface area contributed by atoms with Crippen molar-refractivity contribution in [3.05, 3.63) is 194 Å². The Hall–Kier alpha value is -6.76. The summed E-state index contributed by atoms with van der Waals surface area (Å²) in [5.74, 6) is 0. The first-order chi connectivity index (χ1) is 25.8. The second-order valence-electron chi connectivity index (χ2n) is 13.9. The van der Waals surface area contributed by atoms with Crippen LogP contribution in [0.15, 0.2) is 194 Å². The highest BCUT2D eigenvalue weighted by Gasteiger charge is 2.20. The van der Waals surface area contributed by atoms with Gasteiger partial charge < -0.3 is 0 Å². The van der Waals surface area contributed by atoms with Crippen LogP contribution >= 0.6 is 0 Å². The fourth-order valence-corrected chi connectivity index (χ4v) is 9.00. The molecule has 0 heteroatoms. The van der Waals surface area contributed by atoms with Crippen LogP contribution in [0.1, 0.15) is 0 Å². The molecule has 0 saturated carbocycles. The third kappa shape index (κ3) is 4.22. The average Bonchev–Trinajstić information content (AvgIpc) is 3.22. The van der Waals surface area contributed by atoms with E-state index in [1.165, 1.54) is 109 Å². The zero-order valence-corrected chi connectivity index (χ0v) is 28.5. The van der Waals surface area contributed by atoms with Crippen LogP contribution in [0, 0.1) is 0 Å². The molecule has 0 saturated heterocycles. The van der Waals surface area contributed by atoms with Gasteiger partial charge in [0.2, 0.25) is 0 Å². The first kappa shape index (κ1) is 29.0. The SMILES string of the molecule is c1ccc2c(-c3ccc(-c4c5ccccc5c(-c5cc6c7ccccc7c7ccccc7c6c6ccccc56)c5ccccc45)cc3)cccc2c1.